The molecule has 1 aromatic carbocycles. The Kier molecular flexibility index (Phi) is 5.00. The highest BCUT2D eigenvalue weighted by molar-refractivity contribution is 8.00. The van der Waals surface area contributed by atoms with Gasteiger partial charge >= 0.3 is 0 Å². The molecule has 1 aliphatic heterocycles. The van der Waals surface area contributed by atoms with Crippen LogP contribution in [0.5, 0.6) is 0 Å². The molecule has 2 rings (SSSR count). The third-order valence-corrected chi connectivity index (χ3v) is 5.66. The summed E-state index contributed by atoms with van der Waals surface area (Å²) >= 11 is 7.63. The van der Waals surface area contributed by atoms with Crippen molar-refractivity contribution in [2.75, 3.05) is 19.3 Å². The van der Waals surface area contributed by atoms with Crippen LogP contribution in [0.25, 0.3) is 0 Å². The molecule has 0 atom stereocenters. The first-order chi connectivity index (χ1) is 10.0. The minimum Gasteiger partial charge on any atom is -0.409 e. The van der Waals surface area contributed by atoms with Gasteiger partial charge < -0.3 is 15.8 Å². The van der Waals surface area contributed by atoms with Crippen LogP contribution < -0.4 is 5.73 Å². The molecule has 0 unspecified atom stereocenters. The van der Waals surface area contributed by atoms with Crippen molar-refractivity contribution in [1.29, 1.82) is 0 Å². The van der Waals surface area contributed by atoms with E-state index >= 15 is 0 Å². The Morgan fingerprint density at radius 3 is 2.57 bits per heavy atom. The maximum absolute atomic E-state index is 12.5. The van der Waals surface area contributed by atoms with Gasteiger partial charge in [-0.15, -0.1) is 0 Å². The fraction of sp³-hybridized carbons (Fsp3) is 0.429. The lowest BCUT2D eigenvalue weighted by molar-refractivity contribution is 0.0718. The lowest BCUT2D eigenvalue weighted by atomic mass is 9.94. The summed E-state index contributed by atoms with van der Waals surface area (Å²) in [6.45, 7) is 1.11. The van der Waals surface area contributed by atoms with Gasteiger partial charge in [0.05, 0.1) is 15.3 Å². The monoisotopic (exact) mass is 327 g/mol. The number of nitrogens with zero attached hydrogens (tertiary/aromatic N) is 2. The number of amides is 1. The van der Waals surface area contributed by atoms with E-state index in [2.05, 4.69) is 5.16 Å². The average Bonchev–Trinajstić information content (AvgIpc) is 2.54. The molecule has 5 nitrogen and oxygen atoms in total. The summed E-state index contributed by atoms with van der Waals surface area (Å²) in [7, 11) is 0. The first-order valence-corrected chi connectivity index (χ1v) is 8.21. The topological polar surface area (TPSA) is 78.9 Å². The van der Waals surface area contributed by atoms with Crippen LogP contribution in [-0.2, 0) is 0 Å². The quantitative estimate of drug-likeness (QED) is 0.387. The van der Waals surface area contributed by atoms with E-state index in [0.29, 0.717) is 36.5 Å². The Balaban J connectivity index is 2.11. The minimum absolute atomic E-state index is 0.0742. The highest BCUT2D eigenvalue weighted by Gasteiger charge is 2.39. The predicted octanol–water partition coefficient (Wildman–Crippen LogP) is 2.42. The van der Waals surface area contributed by atoms with Crippen LogP contribution in [0.3, 0.4) is 0 Å². The summed E-state index contributed by atoms with van der Waals surface area (Å²) in [5.41, 5.74) is 6.32. The molecular weight excluding hydrogens is 310 g/mol. The number of benzene rings is 1. The van der Waals surface area contributed by atoms with E-state index in [4.69, 9.17) is 22.5 Å². The zero-order chi connectivity index (χ0) is 15.5. The summed E-state index contributed by atoms with van der Waals surface area (Å²) in [5, 5.41) is 12.5. The minimum atomic E-state index is -0.397. The molecule has 1 fully saturated rings. The van der Waals surface area contributed by atoms with Crippen molar-refractivity contribution in [3.05, 3.63) is 34.9 Å². The molecule has 3 N–H and O–H groups in total. The summed E-state index contributed by atoms with van der Waals surface area (Å²) in [6.07, 6.45) is 3.24. The number of oxime groups is 1. The number of nitrogens with two attached hydrogens (primary N) is 1. The number of piperidine rings is 1. The molecule has 1 aliphatic rings. The van der Waals surface area contributed by atoms with Gasteiger partial charge in [0.15, 0.2) is 5.84 Å². The molecule has 1 saturated heterocycles. The predicted molar refractivity (Wildman–Crippen MR) is 86.2 cm³/mol. The normalized spacial score (nSPS) is 18.6. The molecule has 0 aliphatic carbocycles. The Labute approximate surface area is 133 Å². The summed E-state index contributed by atoms with van der Waals surface area (Å²) in [5.74, 6) is 0.148. The van der Waals surface area contributed by atoms with Crippen LogP contribution in [0.2, 0.25) is 5.02 Å². The van der Waals surface area contributed by atoms with E-state index in [0.717, 1.165) is 0 Å². The van der Waals surface area contributed by atoms with Gasteiger partial charge in [-0.1, -0.05) is 28.9 Å². The number of thioether (sulfide) groups is 1. The number of hydrogen-bond donors (Lipinski definition) is 2. The standard InChI is InChI=1S/C14H18ClN3O2S/c1-21-14(13(16)17-20)6-8-18(9-7-14)12(19)10-4-2-3-5-11(10)15/h2-5,20H,6-9H2,1H3,(H2,16,17). The van der Waals surface area contributed by atoms with Gasteiger partial charge in [0.2, 0.25) is 0 Å². The molecule has 1 amide bonds. The third-order valence-electron chi connectivity index (χ3n) is 3.93. The first-order valence-electron chi connectivity index (χ1n) is 6.61. The molecule has 0 radical (unpaired) electrons. The molecule has 21 heavy (non-hydrogen) atoms. The van der Waals surface area contributed by atoms with E-state index in [1.54, 1.807) is 40.9 Å². The molecule has 0 bridgehead atoms. The highest BCUT2D eigenvalue weighted by atomic mass is 35.5. The van der Waals surface area contributed by atoms with Gasteiger partial charge in [0.1, 0.15) is 0 Å². The van der Waals surface area contributed by atoms with Crippen LogP contribution >= 0.6 is 23.4 Å². The van der Waals surface area contributed by atoms with Gasteiger partial charge in [-0.25, -0.2) is 0 Å². The molecule has 114 valence electrons. The molecule has 1 aromatic rings. The van der Waals surface area contributed by atoms with E-state index in [1.165, 1.54) is 0 Å². The molecule has 1 heterocycles. The summed E-state index contributed by atoms with van der Waals surface area (Å²) in [4.78, 5) is 14.2. The number of likely N-dealkylation sites (tertiary alicyclic amines) is 1. The molecule has 7 heteroatoms. The Morgan fingerprint density at radius 2 is 2.05 bits per heavy atom. The zero-order valence-electron chi connectivity index (χ0n) is 11.8. The number of amidine groups is 1. The Hall–Kier alpha value is -1.40. The number of halogens is 1. The average molecular weight is 328 g/mol. The van der Waals surface area contributed by atoms with Gasteiger partial charge in [-0.05, 0) is 31.2 Å². The van der Waals surface area contributed by atoms with Crippen LogP contribution in [0.15, 0.2) is 29.4 Å². The number of rotatable bonds is 3. The van der Waals surface area contributed by atoms with E-state index < -0.39 is 4.75 Å². The van der Waals surface area contributed by atoms with E-state index in [-0.39, 0.29) is 11.7 Å². The van der Waals surface area contributed by atoms with Crippen LogP contribution in [0.1, 0.15) is 23.2 Å². The van der Waals surface area contributed by atoms with Crippen molar-refractivity contribution in [2.24, 2.45) is 10.9 Å². The second-order valence-electron chi connectivity index (χ2n) is 4.96. The Bertz CT molecular complexity index is 557. The molecular formula is C14H18ClN3O2S. The van der Waals surface area contributed by atoms with Crippen molar-refractivity contribution in [3.63, 3.8) is 0 Å². The van der Waals surface area contributed by atoms with Crippen molar-refractivity contribution in [3.8, 4) is 0 Å². The number of carbonyl (C=O) groups is 1. The van der Waals surface area contributed by atoms with Crippen molar-refractivity contribution < 1.29 is 10.0 Å². The lowest BCUT2D eigenvalue weighted by Gasteiger charge is -2.39. The molecule has 0 aromatic heterocycles. The molecule has 0 spiro atoms. The van der Waals surface area contributed by atoms with E-state index in [1.807, 2.05) is 6.26 Å². The third kappa shape index (κ3) is 3.11. The highest BCUT2D eigenvalue weighted by Crippen LogP contribution is 2.35. The van der Waals surface area contributed by atoms with Gasteiger partial charge in [-0.2, -0.15) is 11.8 Å². The van der Waals surface area contributed by atoms with Crippen molar-refractivity contribution in [1.82, 2.24) is 4.90 Å². The van der Waals surface area contributed by atoms with Gasteiger partial charge in [0.25, 0.3) is 5.91 Å². The van der Waals surface area contributed by atoms with Crippen molar-refractivity contribution in [2.45, 2.75) is 17.6 Å². The smallest absolute Gasteiger partial charge is 0.255 e. The van der Waals surface area contributed by atoms with Crippen LogP contribution in [-0.4, -0.2) is 45.9 Å². The number of carbonyl (C=O) groups excluding carboxylic acids is 1. The second kappa shape index (κ2) is 6.58. The largest absolute Gasteiger partial charge is 0.409 e. The van der Waals surface area contributed by atoms with E-state index in [9.17, 15) is 4.79 Å². The SMILES string of the molecule is CSC1(C(N)=NO)CCN(C(=O)c2ccccc2Cl)CC1. The summed E-state index contributed by atoms with van der Waals surface area (Å²) in [6, 6.07) is 7.03. The van der Waals surface area contributed by atoms with Gasteiger partial charge in [-0.3, -0.25) is 4.79 Å². The van der Waals surface area contributed by atoms with Crippen LogP contribution in [0, 0.1) is 0 Å². The summed E-state index contributed by atoms with van der Waals surface area (Å²) < 4.78 is -0.397. The number of hydrogen-bond acceptors (Lipinski definition) is 4. The maximum atomic E-state index is 12.5. The molecule has 0 saturated carbocycles. The van der Waals surface area contributed by atoms with Crippen molar-refractivity contribution >= 4 is 35.1 Å². The zero-order valence-corrected chi connectivity index (χ0v) is 13.3. The first kappa shape index (κ1) is 16.0. The second-order valence-corrected chi connectivity index (χ2v) is 6.55. The van der Waals surface area contributed by atoms with Gasteiger partial charge in [0, 0.05) is 13.1 Å². The lowest BCUT2D eigenvalue weighted by Crippen LogP contribution is -2.51. The maximum Gasteiger partial charge on any atom is 0.255 e. The fourth-order valence-corrected chi connectivity index (χ4v) is 3.59. The fourth-order valence-electron chi connectivity index (χ4n) is 2.53. The Morgan fingerprint density at radius 1 is 1.43 bits per heavy atom. The van der Waals surface area contributed by atoms with Crippen LogP contribution in [0.4, 0.5) is 0 Å².